The molecule has 0 aliphatic carbocycles. The molecule has 314 valence electrons. The van der Waals surface area contributed by atoms with Gasteiger partial charge in [-0.2, -0.15) is 0 Å². The molecule has 3 aliphatic heterocycles. The zero-order valence-corrected chi connectivity index (χ0v) is 31.5. The van der Waals surface area contributed by atoms with Gasteiger partial charge in [0.25, 0.3) is 0 Å². The van der Waals surface area contributed by atoms with Crippen LogP contribution in [-0.4, -0.2) is 84.7 Å². The van der Waals surface area contributed by atoms with Crippen LogP contribution >= 0.6 is 0 Å². The fourth-order valence-corrected chi connectivity index (χ4v) is 8.76. The number of hydrogen-bond donors (Lipinski definition) is 13. The van der Waals surface area contributed by atoms with Gasteiger partial charge < -0.3 is 80.6 Å². The Hall–Kier alpha value is -7.40. The third kappa shape index (κ3) is 6.35. The molecule has 0 spiro atoms. The average molecular weight is 835 g/mol. The van der Waals surface area contributed by atoms with Crippen LogP contribution < -0.4 is 14.2 Å². The van der Waals surface area contributed by atoms with Crippen molar-refractivity contribution in [1.29, 1.82) is 0 Å². The highest BCUT2D eigenvalue weighted by molar-refractivity contribution is 5.71. The van der Waals surface area contributed by atoms with Crippen molar-refractivity contribution in [2.24, 2.45) is 0 Å². The average Bonchev–Trinajstić information content (AvgIpc) is 3.22. The van der Waals surface area contributed by atoms with Crippen molar-refractivity contribution in [2.75, 3.05) is 0 Å². The van der Waals surface area contributed by atoms with Crippen LogP contribution in [0, 0.1) is 0 Å². The van der Waals surface area contributed by atoms with Crippen LogP contribution in [0.2, 0.25) is 0 Å². The highest BCUT2D eigenvalue weighted by atomic mass is 16.5. The zero-order chi connectivity index (χ0) is 43.2. The fraction of sp³-hybridized carbons (Fsp3) is 0.200. The largest absolute Gasteiger partial charge is 0.508 e. The van der Waals surface area contributed by atoms with Gasteiger partial charge in [0, 0.05) is 58.2 Å². The summed E-state index contributed by atoms with van der Waals surface area (Å²) in [6.45, 7) is 0. The molecule has 9 rings (SSSR count). The molecule has 3 heterocycles. The number of ether oxygens (including phenoxy) is 3. The summed E-state index contributed by atoms with van der Waals surface area (Å²) in [5.41, 5.74) is 0.560. The summed E-state index contributed by atoms with van der Waals surface area (Å²) in [5.74, 6) is -7.61. The SMILES string of the molecule is Oc1ccc(C2c3c4c(c(O)c(C5c6ccc(O)cc6OC(c6ccc(O)c(O)c6)C5O)c3OC(c3ccc(O)c(O)c3)C2O)CC(O)C(c2ccc(O)c(O)c2)O4)c(O)c1. The standard InChI is InChI=1S/C45H38O16/c46-20-4-6-22(28(51)14-20)34-37-44-24(16-32(55)41(60-44)17-1-8-25(48)29(52)11-17)38(56)36(45(37)61-43(39(34)57)19-3-10-27(50)31(54)13-19)35-23-7-5-21(47)15-33(23)59-42(40(35)58)18-2-9-26(49)30(53)12-18/h1-15,32,34-35,39-43,46-58H,16H2. The topological polar surface area (TPSA) is 291 Å². The Morgan fingerprint density at radius 2 is 0.885 bits per heavy atom. The molecule has 8 unspecified atom stereocenters. The second-order valence-corrected chi connectivity index (χ2v) is 15.3. The number of hydrogen-bond acceptors (Lipinski definition) is 16. The lowest BCUT2D eigenvalue weighted by atomic mass is 9.72. The van der Waals surface area contributed by atoms with Crippen LogP contribution in [0.3, 0.4) is 0 Å². The van der Waals surface area contributed by atoms with Gasteiger partial charge in [-0.1, -0.05) is 30.3 Å². The minimum atomic E-state index is -1.68. The van der Waals surface area contributed by atoms with Crippen molar-refractivity contribution < 1.29 is 80.6 Å². The van der Waals surface area contributed by atoms with E-state index in [9.17, 15) is 66.4 Å². The van der Waals surface area contributed by atoms with Gasteiger partial charge in [-0.15, -0.1) is 0 Å². The number of benzene rings is 6. The van der Waals surface area contributed by atoms with E-state index in [0.29, 0.717) is 0 Å². The maximum atomic E-state index is 12.6. The summed E-state index contributed by atoms with van der Waals surface area (Å²) in [4.78, 5) is 0. The van der Waals surface area contributed by atoms with E-state index in [-0.39, 0.29) is 79.7 Å². The van der Waals surface area contributed by atoms with Crippen LogP contribution in [0.25, 0.3) is 0 Å². The Kier molecular flexibility index (Phi) is 9.23. The monoisotopic (exact) mass is 834 g/mol. The van der Waals surface area contributed by atoms with Crippen molar-refractivity contribution in [2.45, 2.75) is 54.9 Å². The summed E-state index contributed by atoms with van der Waals surface area (Å²) < 4.78 is 19.5. The number of aliphatic hydroxyl groups excluding tert-OH is 3. The van der Waals surface area contributed by atoms with E-state index in [1.54, 1.807) is 0 Å². The van der Waals surface area contributed by atoms with Gasteiger partial charge >= 0.3 is 0 Å². The lowest BCUT2D eigenvalue weighted by Crippen LogP contribution is -2.40. The van der Waals surface area contributed by atoms with Gasteiger partial charge in [0.15, 0.2) is 46.7 Å². The second kappa shape index (κ2) is 14.4. The van der Waals surface area contributed by atoms with Gasteiger partial charge in [0.2, 0.25) is 0 Å². The third-order valence-electron chi connectivity index (χ3n) is 11.6. The van der Waals surface area contributed by atoms with E-state index < -0.39 is 94.5 Å². The van der Waals surface area contributed by atoms with E-state index in [1.807, 2.05) is 0 Å². The number of phenols is 10. The molecule has 0 saturated carbocycles. The second-order valence-electron chi connectivity index (χ2n) is 15.3. The summed E-state index contributed by atoms with van der Waals surface area (Å²) in [5, 5.41) is 144. The van der Waals surface area contributed by atoms with Gasteiger partial charge in [0.05, 0.1) is 6.10 Å². The van der Waals surface area contributed by atoms with Gasteiger partial charge in [-0.05, 0) is 65.2 Å². The summed E-state index contributed by atoms with van der Waals surface area (Å²) >= 11 is 0. The van der Waals surface area contributed by atoms with Crippen molar-refractivity contribution in [1.82, 2.24) is 0 Å². The lowest BCUT2D eigenvalue weighted by Gasteiger charge is -2.44. The van der Waals surface area contributed by atoms with Gasteiger partial charge in [-0.3, -0.25) is 0 Å². The Bertz CT molecular complexity index is 2730. The molecule has 16 heteroatoms. The molecule has 0 saturated heterocycles. The lowest BCUT2D eigenvalue weighted by molar-refractivity contribution is -0.00866. The molecule has 0 amide bonds. The molecule has 61 heavy (non-hydrogen) atoms. The van der Waals surface area contributed by atoms with E-state index >= 15 is 0 Å². The highest BCUT2D eigenvalue weighted by Crippen LogP contribution is 2.62. The summed E-state index contributed by atoms with van der Waals surface area (Å²) in [6.07, 6.45) is -9.19. The number of aromatic hydroxyl groups is 10. The smallest absolute Gasteiger partial charge is 0.157 e. The first-order valence-corrected chi connectivity index (χ1v) is 19.0. The Balaban J connectivity index is 1.36. The van der Waals surface area contributed by atoms with E-state index in [2.05, 4.69) is 0 Å². The number of fused-ring (bicyclic) bond motifs is 4. The third-order valence-corrected chi connectivity index (χ3v) is 11.6. The number of aliphatic hydroxyl groups is 3. The molecular weight excluding hydrogens is 796 g/mol. The van der Waals surface area contributed by atoms with Crippen molar-refractivity contribution in [3.8, 4) is 74.7 Å². The van der Waals surface area contributed by atoms with Crippen LogP contribution in [-0.2, 0) is 6.42 Å². The Morgan fingerprint density at radius 1 is 0.410 bits per heavy atom. The first-order chi connectivity index (χ1) is 29.1. The van der Waals surface area contributed by atoms with Gasteiger partial charge in [0.1, 0.15) is 58.6 Å². The van der Waals surface area contributed by atoms with Crippen molar-refractivity contribution in [3.05, 3.63) is 136 Å². The fourth-order valence-electron chi connectivity index (χ4n) is 8.76. The molecule has 0 fully saturated rings. The van der Waals surface area contributed by atoms with Crippen LogP contribution in [0.4, 0.5) is 0 Å². The molecule has 6 aromatic carbocycles. The molecule has 16 nitrogen and oxygen atoms in total. The van der Waals surface area contributed by atoms with Crippen molar-refractivity contribution >= 4 is 0 Å². The quantitative estimate of drug-likeness (QED) is 0.101. The van der Waals surface area contributed by atoms with Crippen LogP contribution in [0.1, 0.15) is 74.7 Å². The Morgan fingerprint density at radius 3 is 1.43 bits per heavy atom. The van der Waals surface area contributed by atoms with Gasteiger partial charge in [-0.25, -0.2) is 0 Å². The maximum Gasteiger partial charge on any atom is 0.157 e. The predicted molar refractivity (Wildman–Crippen MR) is 211 cm³/mol. The molecule has 8 atom stereocenters. The van der Waals surface area contributed by atoms with E-state index in [4.69, 9.17) is 14.2 Å². The zero-order valence-electron chi connectivity index (χ0n) is 31.5. The maximum absolute atomic E-state index is 12.6. The number of phenolic OH excluding ortho intramolecular Hbond substituents is 10. The van der Waals surface area contributed by atoms with E-state index in [1.165, 1.54) is 78.9 Å². The van der Waals surface area contributed by atoms with E-state index in [0.717, 1.165) is 12.1 Å². The first kappa shape index (κ1) is 39.1. The number of rotatable bonds is 5. The normalized spacial score (nSPS) is 24.0. The predicted octanol–water partition coefficient (Wildman–Crippen LogP) is 5.03. The molecule has 0 aromatic heterocycles. The molecule has 13 N–H and O–H groups in total. The summed E-state index contributed by atoms with van der Waals surface area (Å²) in [7, 11) is 0. The van der Waals surface area contributed by atoms with Crippen LogP contribution in [0.5, 0.6) is 74.7 Å². The van der Waals surface area contributed by atoms with Crippen molar-refractivity contribution in [3.63, 3.8) is 0 Å². The molecule has 6 aromatic rings. The van der Waals surface area contributed by atoms with Crippen LogP contribution in [0.15, 0.2) is 91.0 Å². The highest BCUT2D eigenvalue weighted by Gasteiger charge is 2.51. The molecule has 0 radical (unpaired) electrons. The first-order valence-electron chi connectivity index (χ1n) is 19.0. The summed E-state index contributed by atoms with van der Waals surface area (Å²) in [6, 6.07) is 18.9. The minimum Gasteiger partial charge on any atom is -0.508 e. The molecular formula is C45H38O16. The Labute approximate surface area is 345 Å². The molecule has 3 aliphatic rings. The molecule has 0 bridgehead atoms. The minimum absolute atomic E-state index is 0.00621.